The Bertz CT molecular complexity index is 4460. The summed E-state index contributed by atoms with van der Waals surface area (Å²) in [5, 5.41) is 0. The van der Waals surface area contributed by atoms with Crippen molar-refractivity contribution >= 4 is 120 Å². The SMILES string of the molecule is CCC(I)(I)I.CCN1C(=O)c2ccc(Oc3ccc(C(C)(C)c4ccc(Oc5ccc6c(c5)C(=O)N(c5cc(C(=O)c7ccc(C#Cc8ccccc8)cc7)cc(N7C(=O)c8ccc(C#Cc9ccccc9)cc8C7=O)c5)C6=O)cc4)cc3)cc2C1=O. The number of anilines is 2. The lowest BCUT2D eigenvalue weighted by molar-refractivity contribution is 0.0660. The van der Waals surface area contributed by atoms with Gasteiger partial charge in [0.1, 0.15) is 22.4 Å². The highest BCUT2D eigenvalue weighted by atomic mass is 127. The molecule has 432 valence electrons. The van der Waals surface area contributed by atoms with Crippen LogP contribution in [0.3, 0.4) is 0 Å². The average molecular weight is 1490 g/mol. The van der Waals surface area contributed by atoms with E-state index in [2.05, 4.69) is 112 Å². The van der Waals surface area contributed by atoms with Gasteiger partial charge in [-0.05, 0) is 170 Å². The fourth-order valence-corrected chi connectivity index (χ4v) is 10.2. The zero-order valence-electron chi connectivity index (χ0n) is 47.7. The van der Waals surface area contributed by atoms with Crippen molar-refractivity contribution in [2.45, 2.75) is 39.0 Å². The summed E-state index contributed by atoms with van der Waals surface area (Å²) in [6.07, 6.45) is 1.23. The fourth-order valence-electron chi connectivity index (χ4n) is 10.2. The van der Waals surface area contributed by atoms with Crippen LogP contribution >= 0.6 is 67.8 Å². The van der Waals surface area contributed by atoms with Gasteiger partial charge >= 0.3 is 0 Å². The van der Waals surface area contributed by atoms with Gasteiger partial charge in [0, 0.05) is 45.3 Å². The van der Waals surface area contributed by atoms with Gasteiger partial charge in [0.2, 0.25) is 0 Å². The predicted molar refractivity (Wildman–Crippen MR) is 364 cm³/mol. The molecule has 88 heavy (non-hydrogen) atoms. The number of halogens is 3. The first-order valence-corrected chi connectivity index (χ1v) is 31.2. The van der Waals surface area contributed by atoms with Crippen molar-refractivity contribution in [1.29, 1.82) is 0 Å². The number of carbonyl (C=O) groups is 7. The van der Waals surface area contributed by atoms with E-state index in [4.69, 9.17) is 9.47 Å². The van der Waals surface area contributed by atoms with Gasteiger partial charge in [-0.2, -0.15) is 0 Å². The number of nitrogens with zero attached hydrogens (tertiary/aromatic N) is 3. The molecule has 3 aliphatic rings. The van der Waals surface area contributed by atoms with Crippen LogP contribution in [0.15, 0.2) is 206 Å². The van der Waals surface area contributed by atoms with E-state index in [9.17, 15) is 33.6 Å². The number of hydrogen-bond donors (Lipinski definition) is 0. The molecule has 0 saturated heterocycles. The third-order valence-corrected chi connectivity index (χ3v) is 17.4. The highest BCUT2D eigenvalue weighted by molar-refractivity contribution is 14.3. The van der Waals surface area contributed by atoms with E-state index in [1.165, 1.54) is 47.7 Å². The molecule has 3 heterocycles. The van der Waals surface area contributed by atoms with Gasteiger partial charge in [-0.15, -0.1) is 0 Å². The van der Waals surface area contributed by atoms with Crippen LogP contribution < -0.4 is 19.3 Å². The molecular weight excluding hydrogens is 1440 g/mol. The van der Waals surface area contributed by atoms with Gasteiger partial charge in [-0.25, -0.2) is 9.80 Å². The molecule has 9 aromatic rings. The molecule has 0 radical (unpaired) electrons. The van der Waals surface area contributed by atoms with E-state index in [0.29, 0.717) is 38.9 Å². The van der Waals surface area contributed by atoms with E-state index in [1.807, 2.05) is 109 Å². The number of ketones is 1. The second kappa shape index (κ2) is 25.4. The van der Waals surface area contributed by atoms with Crippen molar-refractivity contribution in [3.63, 3.8) is 0 Å². The topological polar surface area (TPSA) is 148 Å². The molecule has 0 fully saturated rings. The summed E-state index contributed by atoms with van der Waals surface area (Å²) >= 11 is 7.24. The van der Waals surface area contributed by atoms with E-state index in [1.54, 1.807) is 67.6 Å². The second-order valence-electron chi connectivity index (χ2n) is 21.1. The summed E-state index contributed by atoms with van der Waals surface area (Å²) < 4.78 is 12.8. The molecule has 9 aromatic carbocycles. The first-order valence-electron chi connectivity index (χ1n) is 27.9. The number of imide groups is 3. The minimum Gasteiger partial charge on any atom is -0.457 e. The summed E-state index contributed by atoms with van der Waals surface area (Å²) in [4.78, 5) is 100. The standard InChI is InChI=1S/C70H45N3O9.C3H5I3/c1-4-71-64(75)57-35-32-55(41-61(57)65(71)76)81-53-28-24-49(25-29-53)70(2,3)50-26-30-54(31-27-50)82-56-33-36-59-62(42-56)69(80)73(67(59)78)52-39-48(63(74)47-22-19-45(20-23-47)16-15-43-11-7-5-8-12-43)38-51(40-52)72-66(77)58-34-21-46(37-60(58)68(72)79)18-17-44-13-9-6-10-14-44;1-2-3(4,5)6/h5-14,19-42H,4H2,1-3H3;2H2,1H3. The molecule has 15 heteroatoms. The Morgan fingerprint density at radius 1 is 0.398 bits per heavy atom. The van der Waals surface area contributed by atoms with Crippen LogP contribution in [0.2, 0.25) is 0 Å². The van der Waals surface area contributed by atoms with E-state index in [-0.39, 0.29) is 68.9 Å². The molecule has 0 atom stereocenters. The van der Waals surface area contributed by atoms with Gasteiger partial charge in [-0.1, -0.05) is 173 Å². The number of fused-ring (bicyclic) bond motifs is 3. The lowest BCUT2D eigenvalue weighted by atomic mass is 9.78. The molecule has 0 aromatic heterocycles. The third-order valence-electron chi connectivity index (χ3n) is 15.1. The van der Waals surface area contributed by atoms with Gasteiger partial charge in [0.15, 0.2) is 5.78 Å². The molecule has 0 unspecified atom stereocenters. The zero-order chi connectivity index (χ0) is 62.0. The number of ether oxygens (including phenoxy) is 2. The Hall–Kier alpha value is -9.02. The molecule has 0 saturated carbocycles. The van der Waals surface area contributed by atoms with E-state index in [0.717, 1.165) is 32.1 Å². The van der Waals surface area contributed by atoms with Crippen LogP contribution in [0.25, 0.3) is 0 Å². The van der Waals surface area contributed by atoms with Crippen molar-refractivity contribution in [2.75, 3.05) is 16.3 Å². The molecule has 0 spiro atoms. The summed E-state index contributed by atoms with van der Waals surface area (Å²) in [5.41, 5.74) is 5.53. The number of alkyl halides is 3. The number of benzene rings is 9. The second-order valence-corrected chi connectivity index (χ2v) is 32.9. The van der Waals surface area contributed by atoms with Crippen molar-refractivity contribution < 1.29 is 43.0 Å². The van der Waals surface area contributed by atoms with Crippen LogP contribution in [-0.2, 0) is 5.41 Å². The van der Waals surface area contributed by atoms with E-state index < -0.39 is 34.8 Å². The number of rotatable bonds is 12. The summed E-state index contributed by atoms with van der Waals surface area (Å²) in [6.45, 7) is 8.41. The minimum absolute atomic E-state index is 0.00854. The molecule has 12 nitrogen and oxygen atoms in total. The van der Waals surface area contributed by atoms with Gasteiger partial charge in [0.05, 0.1) is 44.8 Å². The zero-order valence-corrected chi connectivity index (χ0v) is 54.2. The van der Waals surface area contributed by atoms with Crippen LogP contribution in [0.4, 0.5) is 11.4 Å². The molecule has 0 bridgehead atoms. The molecular formula is C73H50I3N3O9. The maximum Gasteiger partial charge on any atom is 0.266 e. The normalized spacial score (nSPS) is 13.2. The third kappa shape index (κ3) is 12.7. The molecule has 12 rings (SSSR count). The van der Waals surface area contributed by atoms with Crippen molar-refractivity contribution in [1.82, 2.24) is 4.90 Å². The van der Waals surface area contributed by atoms with Crippen molar-refractivity contribution in [3.05, 3.63) is 284 Å². The highest BCUT2D eigenvalue weighted by Gasteiger charge is 2.41. The number of amides is 6. The highest BCUT2D eigenvalue weighted by Crippen LogP contribution is 2.41. The van der Waals surface area contributed by atoms with Crippen LogP contribution in [0, 0.1) is 23.7 Å². The minimum atomic E-state index is -0.706. The number of carbonyl (C=O) groups excluding carboxylic acids is 7. The summed E-state index contributed by atoms with van der Waals surface area (Å²) in [6, 6.07) is 59.0. The van der Waals surface area contributed by atoms with E-state index >= 15 is 0 Å². The monoisotopic (exact) mass is 1490 g/mol. The quantitative estimate of drug-likeness (QED) is 0.0383. The summed E-state index contributed by atoms with van der Waals surface area (Å²) in [5.74, 6) is 10.2. The summed E-state index contributed by atoms with van der Waals surface area (Å²) in [7, 11) is 0. The number of hydrogen-bond acceptors (Lipinski definition) is 9. The lowest BCUT2D eigenvalue weighted by Gasteiger charge is -2.26. The van der Waals surface area contributed by atoms with Crippen LogP contribution in [0.1, 0.15) is 146 Å². The average Bonchev–Trinajstić information content (AvgIpc) is 2.37. The van der Waals surface area contributed by atoms with Crippen LogP contribution in [-0.4, -0.2) is 52.1 Å². The first kappa shape index (κ1) is 60.7. The Balaban J connectivity index is 0.00000127. The van der Waals surface area contributed by atoms with Gasteiger partial charge < -0.3 is 9.47 Å². The largest absolute Gasteiger partial charge is 0.457 e. The molecule has 0 aliphatic carbocycles. The Morgan fingerprint density at radius 3 is 1.22 bits per heavy atom. The molecule has 3 aliphatic heterocycles. The van der Waals surface area contributed by atoms with Gasteiger partial charge in [0.25, 0.3) is 35.4 Å². The maximum atomic E-state index is 14.6. The van der Waals surface area contributed by atoms with Crippen molar-refractivity contribution in [3.8, 4) is 46.7 Å². The predicted octanol–water partition coefficient (Wildman–Crippen LogP) is 16.2. The molecule has 0 N–H and O–H groups in total. The maximum absolute atomic E-state index is 14.6. The van der Waals surface area contributed by atoms with Crippen LogP contribution in [0.5, 0.6) is 23.0 Å². The first-order chi connectivity index (χ1) is 42.3. The van der Waals surface area contributed by atoms with Crippen molar-refractivity contribution in [2.24, 2.45) is 0 Å². The Morgan fingerprint density at radius 2 is 0.761 bits per heavy atom. The van der Waals surface area contributed by atoms with Gasteiger partial charge in [-0.3, -0.25) is 38.5 Å². The fraction of sp³-hybridized carbons (Fsp3) is 0.110. The lowest BCUT2D eigenvalue weighted by Crippen LogP contribution is -2.32. The molecule has 6 amide bonds. The smallest absolute Gasteiger partial charge is 0.266 e. The Labute approximate surface area is 549 Å². The Kier molecular flexibility index (Phi) is 17.5.